The summed E-state index contributed by atoms with van der Waals surface area (Å²) in [6.07, 6.45) is 0.690. The molecule has 7 heteroatoms. The molecule has 2 atom stereocenters. The summed E-state index contributed by atoms with van der Waals surface area (Å²) in [5, 5.41) is 20.4. The number of carbonyl (C=O) groups is 3. The molecule has 1 saturated heterocycles. The van der Waals surface area contributed by atoms with Gasteiger partial charge in [-0.1, -0.05) is 13.5 Å². The van der Waals surface area contributed by atoms with Gasteiger partial charge >= 0.3 is 5.97 Å². The van der Waals surface area contributed by atoms with E-state index >= 15 is 0 Å². The molecule has 25 heavy (non-hydrogen) atoms. The molecule has 1 aromatic carbocycles. The molecule has 2 aliphatic heterocycles. The Morgan fingerprint density at radius 1 is 1.36 bits per heavy atom. The summed E-state index contributed by atoms with van der Waals surface area (Å²) in [5.74, 6) is -1.98. The fourth-order valence-electron chi connectivity index (χ4n) is 3.52. The number of aromatic hydroxyl groups is 2. The molecule has 7 nitrogen and oxygen atoms in total. The molecule has 2 N–H and O–H groups in total. The third kappa shape index (κ3) is 2.65. The number of hydrogen-bond donors (Lipinski definition) is 2. The molecule has 1 fully saturated rings. The van der Waals surface area contributed by atoms with E-state index in [-0.39, 0.29) is 41.7 Å². The minimum absolute atomic E-state index is 0.0254. The molecule has 2 heterocycles. The highest BCUT2D eigenvalue weighted by Crippen LogP contribution is 2.44. The van der Waals surface area contributed by atoms with Gasteiger partial charge in [0, 0.05) is 24.0 Å². The molecule has 1 amide bonds. The second-order valence-corrected chi connectivity index (χ2v) is 6.45. The van der Waals surface area contributed by atoms with Crippen molar-refractivity contribution in [2.45, 2.75) is 45.2 Å². The number of esters is 1. The number of phenolic OH excluding ortho intramolecular Hbond substituents is 2. The molecule has 0 bridgehead atoms. The summed E-state index contributed by atoms with van der Waals surface area (Å²) < 4.78 is 5.04. The minimum atomic E-state index is -0.757. The Bertz CT molecular complexity index is 812. The molecule has 0 radical (unpaired) electrons. The molecule has 0 saturated carbocycles. The molecule has 0 aromatic heterocycles. The third-order valence-corrected chi connectivity index (χ3v) is 4.90. The van der Waals surface area contributed by atoms with Gasteiger partial charge < -0.3 is 19.8 Å². The van der Waals surface area contributed by atoms with Crippen LogP contribution in [0.2, 0.25) is 0 Å². The van der Waals surface area contributed by atoms with Gasteiger partial charge in [0.1, 0.15) is 22.8 Å². The van der Waals surface area contributed by atoms with Gasteiger partial charge in [0.25, 0.3) is 0 Å². The van der Waals surface area contributed by atoms with Crippen LogP contribution in [0.3, 0.4) is 0 Å². The number of fused-ring (bicyclic) bond motifs is 1. The Morgan fingerprint density at radius 3 is 2.68 bits per heavy atom. The van der Waals surface area contributed by atoms with Crippen LogP contribution in [0.15, 0.2) is 18.4 Å². The van der Waals surface area contributed by atoms with E-state index in [1.165, 1.54) is 11.8 Å². The van der Waals surface area contributed by atoms with E-state index in [2.05, 4.69) is 6.58 Å². The zero-order valence-electron chi connectivity index (χ0n) is 14.0. The number of nitrogens with zero attached hydrogens (tertiary/aromatic N) is 1. The highest BCUT2D eigenvalue weighted by molar-refractivity contribution is 5.97. The number of ether oxygens (including phenoxy) is 1. The van der Waals surface area contributed by atoms with Gasteiger partial charge in [-0.25, -0.2) is 4.79 Å². The maximum Gasteiger partial charge on any atom is 0.347 e. The van der Waals surface area contributed by atoms with Crippen molar-refractivity contribution in [2.24, 2.45) is 0 Å². The predicted octanol–water partition coefficient (Wildman–Crippen LogP) is 1.97. The zero-order chi connectivity index (χ0) is 18.5. The molecule has 1 aromatic rings. The number of ketones is 1. The average molecular weight is 345 g/mol. The lowest BCUT2D eigenvalue weighted by Gasteiger charge is -2.30. The fourth-order valence-corrected chi connectivity index (χ4v) is 3.52. The van der Waals surface area contributed by atoms with E-state index in [4.69, 9.17) is 4.74 Å². The first-order valence-corrected chi connectivity index (χ1v) is 8.01. The number of cyclic esters (lactones) is 1. The van der Waals surface area contributed by atoms with Crippen molar-refractivity contribution in [3.63, 3.8) is 0 Å². The van der Waals surface area contributed by atoms with Gasteiger partial charge in [0.15, 0.2) is 5.78 Å². The van der Waals surface area contributed by atoms with Crippen LogP contribution in [0.25, 0.3) is 0 Å². The van der Waals surface area contributed by atoms with Crippen LogP contribution in [-0.2, 0) is 20.9 Å². The number of likely N-dealkylation sites (tertiary alicyclic amines) is 1. The van der Waals surface area contributed by atoms with Gasteiger partial charge in [0.2, 0.25) is 5.91 Å². The summed E-state index contributed by atoms with van der Waals surface area (Å²) in [6.45, 7) is 6.82. The summed E-state index contributed by atoms with van der Waals surface area (Å²) in [5.41, 5.74) is 0.652. The number of benzene rings is 1. The quantitative estimate of drug-likeness (QED) is 0.812. The van der Waals surface area contributed by atoms with Crippen molar-refractivity contribution < 1.29 is 29.3 Å². The van der Waals surface area contributed by atoms with Crippen LogP contribution in [0.1, 0.15) is 54.1 Å². The van der Waals surface area contributed by atoms with Crippen molar-refractivity contribution in [1.29, 1.82) is 0 Å². The van der Waals surface area contributed by atoms with Crippen molar-refractivity contribution in [2.75, 3.05) is 0 Å². The predicted molar refractivity (Wildman–Crippen MR) is 87.0 cm³/mol. The number of phenols is 2. The van der Waals surface area contributed by atoms with Gasteiger partial charge in [-0.05, 0) is 18.9 Å². The molecular formula is C18H19NO6. The zero-order valence-corrected chi connectivity index (χ0v) is 14.0. The lowest BCUT2D eigenvalue weighted by molar-refractivity contribution is -0.134. The van der Waals surface area contributed by atoms with Crippen LogP contribution in [0.5, 0.6) is 11.5 Å². The molecule has 2 unspecified atom stereocenters. The van der Waals surface area contributed by atoms with E-state index in [1.807, 2.05) is 0 Å². The van der Waals surface area contributed by atoms with E-state index in [0.29, 0.717) is 17.5 Å². The number of amides is 1. The standard InChI is InChI=1S/C18H19NO6/c1-8-10(3)25-18(24)17-14(22)6-13(21)11(16(8)17)7-19-12(9(2)20)4-5-15(19)23/h6,8,12,21-22H,3-5,7H2,1-2H3. The fraction of sp³-hybridized carbons (Fsp3) is 0.389. The van der Waals surface area contributed by atoms with E-state index < -0.39 is 23.7 Å². The molecule has 0 aliphatic carbocycles. The number of rotatable bonds is 3. The molecular weight excluding hydrogens is 326 g/mol. The Hall–Kier alpha value is -2.83. The number of allylic oxidation sites excluding steroid dienone is 1. The molecule has 3 rings (SSSR count). The van der Waals surface area contributed by atoms with Crippen LogP contribution >= 0.6 is 0 Å². The maximum absolute atomic E-state index is 12.2. The Labute approximate surface area is 144 Å². The van der Waals surface area contributed by atoms with Crippen LogP contribution in [-0.4, -0.2) is 38.8 Å². The average Bonchev–Trinajstić information content (AvgIpc) is 2.88. The monoisotopic (exact) mass is 345 g/mol. The Kier molecular flexibility index (Phi) is 4.02. The van der Waals surface area contributed by atoms with Crippen molar-refractivity contribution >= 4 is 17.7 Å². The lowest BCUT2D eigenvalue weighted by Crippen LogP contribution is -2.37. The second-order valence-electron chi connectivity index (χ2n) is 6.45. The third-order valence-electron chi connectivity index (χ3n) is 4.90. The van der Waals surface area contributed by atoms with Crippen molar-refractivity contribution in [1.82, 2.24) is 4.90 Å². The minimum Gasteiger partial charge on any atom is -0.507 e. The topological polar surface area (TPSA) is 104 Å². The van der Waals surface area contributed by atoms with E-state index in [9.17, 15) is 24.6 Å². The van der Waals surface area contributed by atoms with Gasteiger partial charge in [0.05, 0.1) is 12.6 Å². The first-order chi connectivity index (χ1) is 11.7. The summed E-state index contributed by atoms with van der Waals surface area (Å²) in [7, 11) is 0. The largest absolute Gasteiger partial charge is 0.507 e. The number of hydrogen-bond acceptors (Lipinski definition) is 6. The first kappa shape index (κ1) is 17.0. The highest BCUT2D eigenvalue weighted by Gasteiger charge is 2.38. The summed E-state index contributed by atoms with van der Waals surface area (Å²) in [6, 6.07) is 0.505. The smallest absolute Gasteiger partial charge is 0.347 e. The maximum atomic E-state index is 12.2. The lowest BCUT2D eigenvalue weighted by atomic mass is 9.86. The van der Waals surface area contributed by atoms with Crippen LogP contribution in [0.4, 0.5) is 0 Å². The molecule has 2 aliphatic rings. The van der Waals surface area contributed by atoms with Gasteiger partial charge in [-0.15, -0.1) is 0 Å². The SMILES string of the molecule is C=C1OC(=O)c2c(O)cc(O)c(CN3C(=O)CCC3C(C)=O)c2C1C. The van der Waals surface area contributed by atoms with Crippen molar-refractivity contribution in [3.8, 4) is 11.5 Å². The van der Waals surface area contributed by atoms with Crippen molar-refractivity contribution in [3.05, 3.63) is 35.1 Å². The number of Topliss-reactive ketones (excluding diaryl/α,β-unsaturated/α-hetero) is 1. The van der Waals surface area contributed by atoms with Gasteiger partial charge in [-0.3, -0.25) is 9.59 Å². The second kappa shape index (κ2) is 5.91. The van der Waals surface area contributed by atoms with Gasteiger partial charge in [-0.2, -0.15) is 0 Å². The Balaban J connectivity index is 2.12. The Morgan fingerprint density at radius 2 is 2.04 bits per heavy atom. The molecule has 132 valence electrons. The highest BCUT2D eigenvalue weighted by atomic mass is 16.5. The van der Waals surface area contributed by atoms with Crippen LogP contribution < -0.4 is 0 Å². The summed E-state index contributed by atoms with van der Waals surface area (Å²) in [4.78, 5) is 37.5. The van der Waals surface area contributed by atoms with E-state index in [0.717, 1.165) is 6.07 Å². The number of carbonyl (C=O) groups excluding carboxylic acids is 3. The molecule has 0 spiro atoms. The summed E-state index contributed by atoms with van der Waals surface area (Å²) >= 11 is 0. The normalized spacial score (nSPS) is 22.8. The first-order valence-electron chi connectivity index (χ1n) is 8.01. The van der Waals surface area contributed by atoms with Crippen LogP contribution in [0, 0.1) is 0 Å². The van der Waals surface area contributed by atoms with E-state index in [1.54, 1.807) is 6.92 Å².